The van der Waals surface area contributed by atoms with Crippen LogP contribution in [0.1, 0.15) is 20.3 Å². The zero-order chi connectivity index (χ0) is 16.8. The second kappa shape index (κ2) is 5.32. The lowest BCUT2D eigenvalue weighted by atomic mass is 10.0. The SMILES string of the molecule is CC1(C)CN(C2CCN(CC(F)(F)F)C2=O)c2ccccc2O1. The summed E-state index contributed by atoms with van der Waals surface area (Å²) in [6, 6.07) is 6.76. The summed E-state index contributed by atoms with van der Waals surface area (Å²) in [6.45, 7) is 3.21. The molecule has 0 saturated carbocycles. The Morgan fingerprint density at radius 2 is 2.00 bits per heavy atom. The Morgan fingerprint density at radius 1 is 1.30 bits per heavy atom. The van der Waals surface area contributed by atoms with Gasteiger partial charge in [-0.2, -0.15) is 13.2 Å². The number of carbonyl (C=O) groups is 1. The Morgan fingerprint density at radius 3 is 2.70 bits per heavy atom. The van der Waals surface area contributed by atoms with Gasteiger partial charge in [-0.1, -0.05) is 12.1 Å². The van der Waals surface area contributed by atoms with Crippen molar-refractivity contribution in [3.63, 3.8) is 0 Å². The van der Waals surface area contributed by atoms with Crippen molar-refractivity contribution in [2.45, 2.75) is 38.1 Å². The number of anilines is 1. The van der Waals surface area contributed by atoms with Crippen LogP contribution in [0.15, 0.2) is 24.3 Å². The molecule has 1 atom stereocenters. The minimum Gasteiger partial charge on any atom is -0.484 e. The molecule has 126 valence electrons. The lowest BCUT2D eigenvalue weighted by Gasteiger charge is -2.43. The molecule has 23 heavy (non-hydrogen) atoms. The molecule has 3 rings (SSSR count). The summed E-state index contributed by atoms with van der Waals surface area (Å²) in [7, 11) is 0. The largest absolute Gasteiger partial charge is 0.484 e. The van der Waals surface area contributed by atoms with Crippen molar-refractivity contribution in [2.75, 3.05) is 24.5 Å². The standard InChI is InChI=1S/C16H19F3N2O2/c1-15(2)9-21(11-5-3-4-6-13(11)23-15)12-7-8-20(14(12)22)10-16(17,18)19/h3-6,12H,7-10H2,1-2H3. The van der Waals surface area contributed by atoms with Crippen molar-refractivity contribution in [1.82, 2.24) is 4.90 Å². The van der Waals surface area contributed by atoms with E-state index in [0.717, 1.165) is 10.6 Å². The Labute approximate surface area is 132 Å². The Kier molecular flexibility index (Phi) is 3.69. The molecule has 1 fully saturated rings. The van der Waals surface area contributed by atoms with Crippen LogP contribution in [0.5, 0.6) is 5.75 Å². The molecule has 0 spiro atoms. The van der Waals surface area contributed by atoms with Gasteiger partial charge < -0.3 is 14.5 Å². The summed E-state index contributed by atoms with van der Waals surface area (Å²) in [5, 5.41) is 0. The maximum absolute atomic E-state index is 12.6. The summed E-state index contributed by atoms with van der Waals surface area (Å²) in [6.07, 6.45) is -3.98. The van der Waals surface area contributed by atoms with Gasteiger partial charge in [0.2, 0.25) is 5.91 Å². The van der Waals surface area contributed by atoms with Crippen LogP contribution in [0.3, 0.4) is 0 Å². The lowest BCUT2D eigenvalue weighted by Crippen LogP contribution is -2.53. The van der Waals surface area contributed by atoms with Crippen LogP contribution in [-0.2, 0) is 4.79 Å². The number of halogens is 3. The number of hydrogen-bond donors (Lipinski definition) is 0. The molecule has 7 heteroatoms. The van der Waals surface area contributed by atoms with Gasteiger partial charge in [0.05, 0.1) is 12.2 Å². The van der Waals surface area contributed by atoms with Gasteiger partial charge in [-0.25, -0.2) is 0 Å². The number of likely N-dealkylation sites (tertiary alicyclic amines) is 1. The average molecular weight is 328 g/mol. The lowest BCUT2D eigenvalue weighted by molar-refractivity contribution is -0.157. The Bertz CT molecular complexity index is 616. The van der Waals surface area contributed by atoms with Crippen LogP contribution in [0, 0.1) is 0 Å². The van der Waals surface area contributed by atoms with E-state index in [2.05, 4.69) is 0 Å². The summed E-state index contributed by atoms with van der Waals surface area (Å²) in [5.74, 6) is 0.195. The summed E-state index contributed by atoms with van der Waals surface area (Å²) < 4.78 is 43.7. The van der Waals surface area contributed by atoms with Crippen molar-refractivity contribution >= 4 is 11.6 Å². The molecule has 1 aromatic carbocycles. The monoisotopic (exact) mass is 328 g/mol. The molecule has 0 bridgehead atoms. The Hall–Kier alpha value is -1.92. The molecule has 2 aliphatic rings. The van der Waals surface area contributed by atoms with Crippen molar-refractivity contribution < 1.29 is 22.7 Å². The van der Waals surface area contributed by atoms with Crippen LogP contribution in [0.25, 0.3) is 0 Å². The smallest absolute Gasteiger partial charge is 0.406 e. The third-order valence-corrected chi connectivity index (χ3v) is 4.13. The van der Waals surface area contributed by atoms with Crippen molar-refractivity contribution in [3.05, 3.63) is 24.3 Å². The maximum atomic E-state index is 12.6. The first-order valence-corrected chi connectivity index (χ1v) is 7.56. The fourth-order valence-electron chi connectivity index (χ4n) is 3.27. The number of amides is 1. The quantitative estimate of drug-likeness (QED) is 0.837. The predicted octanol–water partition coefficient (Wildman–Crippen LogP) is 2.83. The van der Waals surface area contributed by atoms with E-state index >= 15 is 0 Å². The molecule has 1 saturated heterocycles. The highest BCUT2D eigenvalue weighted by Crippen LogP contribution is 2.39. The van der Waals surface area contributed by atoms with Crippen LogP contribution in [0.2, 0.25) is 0 Å². The van der Waals surface area contributed by atoms with E-state index in [1.165, 1.54) is 0 Å². The average Bonchev–Trinajstić information content (AvgIpc) is 2.76. The third kappa shape index (κ3) is 3.23. The van der Waals surface area contributed by atoms with Gasteiger partial charge in [-0.05, 0) is 32.4 Å². The molecule has 2 aliphatic heterocycles. The molecule has 1 unspecified atom stereocenters. The van der Waals surface area contributed by atoms with E-state index in [-0.39, 0.29) is 6.54 Å². The molecule has 0 radical (unpaired) electrons. The Balaban J connectivity index is 1.86. The molecule has 1 aromatic rings. The number of ether oxygens (including phenoxy) is 1. The minimum atomic E-state index is -4.37. The molecule has 1 amide bonds. The minimum absolute atomic E-state index is 0.128. The predicted molar refractivity (Wildman–Crippen MR) is 79.5 cm³/mol. The van der Waals surface area contributed by atoms with Crippen molar-refractivity contribution in [2.24, 2.45) is 0 Å². The molecule has 0 aromatic heterocycles. The van der Waals surface area contributed by atoms with E-state index < -0.39 is 30.3 Å². The fourth-order valence-corrected chi connectivity index (χ4v) is 3.27. The zero-order valence-corrected chi connectivity index (χ0v) is 13.1. The normalized spacial score (nSPS) is 23.7. The molecular weight excluding hydrogens is 309 g/mol. The first-order valence-electron chi connectivity index (χ1n) is 7.56. The van der Waals surface area contributed by atoms with Crippen LogP contribution < -0.4 is 9.64 Å². The van der Waals surface area contributed by atoms with Gasteiger partial charge >= 0.3 is 6.18 Å². The number of fused-ring (bicyclic) bond motifs is 1. The van der Waals surface area contributed by atoms with Crippen molar-refractivity contribution in [3.8, 4) is 5.75 Å². The van der Waals surface area contributed by atoms with Gasteiger partial charge in [-0.3, -0.25) is 4.79 Å². The summed E-state index contributed by atoms with van der Waals surface area (Å²) in [5.41, 5.74) is 0.255. The third-order valence-electron chi connectivity index (χ3n) is 4.13. The van der Waals surface area contributed by atoms with E-state index in [1.807, 2.05) is 43.0 Å². The van der Waals surface area contributed by atoms with Crippen LogP contribution >= 0.6 is 0 Å². The molecule has 4 nitrogen and oxygen atoms in total. The molecule has 0 aliphatic carbocycles. The molecule has 0 N–H and O–H groups in total. The number of para-hydroxylation sites is 2. The topological polar surface area (TPSA) is 32.8 Å². The zero-order valence-electron chi connectivity index (χ0n) is 13.1. The number of nitrogens with zero attached hydrogens (tertiary/aromatic N) is 2. The van der Waals surface area contributed by atoms with Gasteiger partial charge in [0.1, 0.15) is 23.9 Å². The first-order chi connectivity index (χ1) is 10.7. The molecule has 2 heterocycles. The highest BCUT2D eigenvalue weighted by molar-refractivity contribution is 5.88. The van der Waals surface area contributed by atoms with Crippen LogP contribution in [0.4, 0.5) is 18.9 Å². The maximum Gasteiger partial charge on any atom is 0.406 e. The number of alkyl halides is 3. The molecular formula is C16H19F3N2O2. The second-order valence-electron chi connectivity index (χ2n) is 6.64. The highest BCUT2D eigenvalue weighted by Gasteiger charge is 2.44. The number of hydrogen-bond acceptors (Lipinski definition) is 3. The fraction of sp³-hybridized carbons (Fsp3) is 0.562. The first kappa shape index (κ1) is 16.0. The van der Waals surface area contributed by atoms with Gasteiger partial charge in [-0.15, -0.1) is 0 Å². The van der Waals surface area contributed by atoms with E-state index in [4.69, 9.17) is 4.74 Å². The second-order valence-corrected chi connectivity index (χ2v) is 6.64. The van der Waals surface area contributed by atoms with E-state index in [0.29, 0.717) is 18.7 Å². The number of carbonyl (C=O) groups excluding carboxylic acids is 1. The number of rotatable bonds is 2. The van der Waals surface area contributed by atoms with Gasteiger partial charge in [0.25, 0.3) is 0 Å². The summed E-state index contributed by atoms with van der Waals surface area (Å²) >= 11 is 0. The van der Waals surface area contributed by atoms with Crippen molar-refractivity contribution in [1.29, 1.82) is 0 Å². The van der Waals surface area contributed by atoms with E-state index in [9.17, 15) is 18.0 Å². The van der Waals surface area contributed by atoms with Crippen LogP contribution in [-0.4, -0.2) is 48.3 Å². The number of benzene rings is 1. The van der Waals surface area contributed by atoms with Gasteiger partial charge in [0.15, 0.2) is 0 Å². The summed E-state index contributed by atoms with van der Waals surface area (Å²) in [4.78, 5) is 15.2. The van der Waals surface area contributed by atoms with E-state index in [1.54, 1.807) is 0 Å². The van der Waals surface area contributed by atoms with Gasteiger partial charge in [0, 0.05) is 6.54 Å². The highest BCUT2D eigenvalue weighted by atomic mass is 19.4.